The van der Waals surface area contributed by atoms with Gasteiger partial charge < -0.3 is 9.47 Å². The van der Waals surface area contributed by atoms with Crippen molar-refractivity contribution < 1.29 is 4.79 Å². The van der Waals surface area contributed by atoms with Gasteiger partial charge in [0, 0.05) is 43.4 Å². The molecule has 1 amide bonds. The Balaban J connectivity index is 1.32. The lowest BCUT2D eigenvalue weighted by Crippen LogP contribution is -2.41. The first-order valence-electron chi connectivity index (χ1n) is 10.8. The summed E-state index contributed by atoms with van der Waals surface area (Å²) in [5.74, 6) is 2.69. The molecule has 1 N–H and O–H groups in total. The zero-order valence-corrected chi connectivity index (χ0v) is 17.5. The SMILES string of the molecule is CCc1nc2ccccc2n1CC(=O)N1CCC[C@H](c2nc(-c3cccnc3)n[nH]2)C1. The molecule has 4 aromatic rings. The number of carbonyl (C=O) groups excluding carboxylic acids is 1. The van der Waals surface area contributed by atoms with E-state index in [0.29, 0.717) is 18.9 Å². The van der Waals surface area contributed by atoms with E-state index in [0.717, 1.165) is 54.1 Å². The zero-order valence-electron chi connectivity index (χ0n) is 17.5. The van der Waals surface area contributed by atoms with Gasteiger partial charge in [0.1, 0.15) is 18.2 Å². The number of aromatic amines is 1. The van der Waals surface area contributed by atoms with E-state index in [-0.39, 0.29) is 11.8 Å². The van der Waals surface area contributed by atoms with Crippen LogP contribution < -0.4 is 0 Å². The molecule has 5 rings (SSSR count). The van der Waals surface area contributed by atoms with Crippen LogP contribution in [0.15, 0.2) is 48.8 Å². The summed E-state index contributed by atoms with van der Waals surface area (Å²) in [5, 5.41) is 7.44. The average Bonchev–Trinajstić information content (AvgIpc) is 3.45. The molecule has 1 aliphatic heterocycles. The molecule has 1 aromatic carbocycles. The highest BCUT2D eigenvalue weighted by atomic mass is 16.2. The Morgan fingerprint density at radius 1 is 1.19 bits per heavy atom. The summed E-state index contributed by atoms with van der Waals surface area (Å²) in [5.41, 5.74) is 2.83. The Morgan fingerprint density at radius 2 is 2.10 bits per heavy atom. The summed E-state index contributed by atoms with van der Waals surface area (Å²) in [4.78, 5) is 28.7. The second-order valence-corrected chi connectivity index (χ2v) is 7.92. The Hall–Kier alpha value is -3.55. The lowest BCUT2D eigenvalue weighted by atomic mass is 9.97. The van der Waals surface area contributed by atoms with E-state index in [2.05, 4.69) is 36.6 Å². The van der Waals surface area contributed by atoms with Crippen molar-refractivity contribution in [2.24, 2.45) is 0 Å². The highest BCUT2D eigenvalue weighted by Gasteiger charge is 2.28. The number of likely N-dealkylation sites (tertiary alicyclic amines) is 1. The average molecular weight is 416 g/mol. The summed E-state index contributed by atoms with van der Waals surface area (Å²) in [6.07, 6.45) is 6.21. The predicted octanol–water partition coefficient (Wildman–Crippen LogP) is 3.19. The number of benzene rings is 1. The first-order chi connectivity index (χ1) is 15.2. The summed E-state index contributed by atoms with van der Waals surface area (Å²) in [6.45, 7) is 3.80. The molecule has 8 heteroatoms. The fraction of sp³-hybridized carbons (Fsp3) is 0.348. The number of fused-ring (bicyclic) bond motifs is 1. The summed E-state index contributed by atoms with van der Waals surface area (Å²) in [7, 11) is 0. The molecule has 0 radical (unpaired) electrons. The maximum Gasteiger partial charge on any atom is 0.242 e. The first-order valence-corrected chi connectivity index (χ1v) is 10.8. The minimum Gasteiger partial charge on any atom is -0.340 e. The third-order valence-electron chi connectivity index (χ3n) is 5.93. The molecular formula is C23H25N7O. The van der Waals surface area contributed by atoms with E-state index in [1.807, 2.05) is 41.3 Å². The molecule has 3 aromatic heterocycles. The fourth-order valence-corrected chi connectivity index (χ4v) is 4.31. The summed E-state index contributed by atoms with van der Waals surface area (Å²) >= 11 is 0. The number of amides is 1. The lowest BCUT2D eigenvalue weighted by Gasteiger charge is -2.32. The van der Waals surface area contributed by atoms with Crippen molar-refractivity contribution >= 4 is 16.9 Å². The van der Waals surface area contributed by atoms with Crippen molar-refractivity contribution in [2.45, 2.75) is 38.6 Å². The second-order valence-electron chi connectivity index (χ2n) is 7.92. The Kier molecular flexibility index (Phi) is 5.19. The fourth-order valence-electron chi connectivity index (χ4n) is 4.31. The molecule has 0 bridgehead atoms. The van der Waals surface area contributed by atoms with Crippen molar-refractivity contribution in [3.05, 3.63) is 60.4 Å². The van der Waals surface area contributed by atoms with Gasteiger partial charge in [0.25, 0.3) is 0 Å². The van der Waals surface area contributed by atoms with Gasteiger partial charge in [-0.05, 0) is 37.1 Å². The number of H-pyrrole nitrogens is 1. The van der Waals surface area contributed by atoms with Gasteiger partial charge in [0.2, 0.25) is 5.91 Å². The standard InChI is InChI=1S/C23H25N7O/c1-2-20-25-18-9-3-4-10-19(18)30(20)15-21(31)29-12-6-8-17(14-29)23-26-22(27-28-23)16-7-5-11-24-13-16/h3-5,7,9-11,13,17H,2,6,8,12,14-15H2,1H3,(H,26,27,28)/t17-/m0/s1. The van der Waals surface area contributed by atoms with E-state index < -0.39 is 0 Å². The quantitative estimate of drug-likeness (QED) is 0.540. The van der Waals surface area contributed by atoms with Crippen molar-refractivity contribution in [3.63, 3.8) is 0 Å². The number of nitrogens with one attached hydrogen (secondary N) is 1. The molecule has 0 spiro atoms. The summed E-state index contributed by atoms with van der Waals surface area (Å²) in [6, 6.07) is 11.8. The first kappa shape index (κ1) is 19.4. The van der Waals surface area contributed by atoms with Crippen LogP contribution in [0.5, 0.6) is 0 Å². The highest BCUT2D eigenvalue weighted by Crippen LogP contribution is 2.26. The largest absolute Gasteiger partial charge is 0.340 e. The van der Waals surface area contributed by atoms with E-state index in [9.17, 15) is 4.79 Å². The predicted molar refractivity (Wildman–Crippen MR) is 117 cm³/mol. The minimum absolute atomic E-state index is 0.120. The Morgan fingerprint density at radius 3 is 2.94 bits per heavy atom. The third-order valence-corrected chi connectivity index (χ3v) is 5.93. The number of aryl methyl sites for hydroxylation is 1. The molecule has 1 aliphatic rings. The zero-order chi connectivity index (χ0) is 21.2. The van der Waals surface area contributed by atoms with Crippen LogP contribution in [0.3, 0.4) is 0 Å². The maximum atomic E-state index is 13.2. The highest BCUT2D eigenvalue weighted by molar-refractivity contribution is 5.81. The van der Waals surface area contributed by atoms with Gasteiger partial charge in [-0.3, -0.25) is 14.9 Å². The molecule has 0 aliphatic carbocycles. The number of hydrogen-bond acceptors (Lipinski definition) is 5. The molecule has 31 heavy (non-hydrogen) atoms. The monoisotopic (exact) mass is 415 g/mol. The van der Waals surface area contributed by atoms with Crippen LogP contribution in [0.25, 0.3) is 22.4 Å². The number of aromatic nitrogens is 6. The molecule has 1 saturated heterocycles. The Bertz CT molecular complexity index is 1200. The van der Waals surface area contributed by atoms with Gasteiger partial charge in [-0.1, -0.05) is 19.1 Å². The van der Waals surface area contributed by atoms with E-state index >= 15 is 0 Å². The van der Waals surface area contributed by atoms with Gasteiger partial charge in [-0.2, -0.15) is 5.10 Å². The minimum atomic E-state index is 0.120. The van der Waals surface area contributed by atoms with Gasteiger partial charge in [0.05, 0.1) is 11.0 Å². The van der Waals surface area contributed by atoms with Crippen LogP contribution in [0.2, 0.25) is 0 Å². The lowest BCUT2D eigenvalue weighted by molar-refractivity contribution is -0.133. The van der Waals surface area contributed by atoms with Gasteiger partial charge in [-0.15, -0.1) is 0 Å². The van der Waals surface area contributed by atoms with Crippen LogP contribution in [-0.4, -0.2) is 53.6 Å². The molecule has 158 valence electrons. The number of carbonyl (C=O) groups is 1. The van der Waals surface area contributed by atoms with E-state index in [1.54, 1.807) is 12.4 Å². The molecule has 8 nitrogen and oxygen atoms in total. The van der Waals surface area contributed by atoms with Crippen LogP contribution >= 0.6 is 0 Å². The number of piperidine rings is 1. The van der Waals surface area contributed by atoms with E-state index in [1.165, 1.54) is 0 Å². The third kappa shape index (κ3) is 3.81. The molecule has 4 heterocycles. The van der Waals surface area contributed by atoms with Crippen LogP contribution in [0, 0.1) is 0 Å². The van der Waals surface area contributed by atoms with Crippen molar-refractivity contribution in [2.75, 3.05) is 13.1 Å². The van der Waals surface area contributed by atoms with Gasteiger partial charge in [-0.25, -0.2) is 9.97 Å². The number of imidazole rings is 1. The maximum absolute atomic E-state index is 13.2. The second kappa shape index (κ2) is 8.29. The van der Waals surface area contributed by atoms with Crippen molar-refractivity contribution in [1.29, 1.82) is 0 Å². The van der Waals surface area contributed by atoms with E-state index in [4.69, 9.17) is 0 Å². The van der Waals surface area contributed by atoms with Crippen LogP contribution in [0.4, 0.5) is 0 Å². The number of nitrogens with zero attached hydrogens (tertiary/aromatic N) is 6. The smallest absolute Gasteiger partial charge is 0.242 e. The molecular weight excluding hydrogens is 390 g/mol. The Labute approximate surface area is 180 Å². The summed E-state index contributed by atoms with van der Waals surface area (Å²) < 4.78 is 2.05. The number of pyridine rings is 1. The number of rotatable bonds is 5. The number of para-hydroxylation sites is 2. The van der Waals surface area contributed by atoms with Crippen molar-refractivity contribution in [1.82, 2.24) is 34.6 Å². The van der Waals surface area contributed by atoms with Gasteiger partial charge in [0.15, 0.2) is 5.82 Å². The molecule has 1 atom stereocenters. The number of hydrogen-bond donors (Lipinski definition) is 1. The molecule has 1 fully saturated rings. The van der Waals surface area contributed by atoms with Crippen LogP contribution in [-0.2, 0) is 17.8 Å². The van der Waals surface area contributed by atoms with Crippen LogP contribution in [0.1, 0.15) is 37.3 Å². The van der Waals surface area contributed by atoms with Gasteiger partial charge >= 0.3 is 0 Å². The normalized spacial score (nSPS) is 16.7. The topological polar surface area (TPSA) is 92.6 Å². The van der Waals surface area contributed by atoms with Crippen molar-refractivity contribution in [3.8, 4) is 11.4 Å². The molecule has 0 saturated carbocycles. The molecule has 0 unspecified atom stereocenters.